The van der Waals surface area contributed by atoms with Crippen LogP contribution in [0.5, 0.6) is 0 Å². The number of benzene rings is 1. The summed E-state index contributed by atoms with van der Waals surface area (Å²) in [6.45, 7) is 9.14. The van der Waals surface area contributed by atoms with E-state index in [1.807, 2.05) is 0 Å². The topological polar surface area (TPSA) is 55.1 Å². The van der Waals surface area contributed by atoms with Crippen LogP contribution in [0.15, 0.2) is 22.7 Å². The second-order valence-corrected chi connectivity index (χ2v) is 8.67. The van der Waals surface area contributed by atoms with Crippen molar-refractivity contribution in [3.8, 4) is 0 Å². The highest BCUT2D eigenvalue weighted by Crippen LogP contribution is 2.45. The van der Waals surface area contributed by atoms with Gasteiger partial charge in [-0.25, -0.2) is 0 Å². The second-order valence-electron chi connectivity index (χ2n) is 7.82. The van der Waals surface area contributed by atoms with Gasteiger partial charge in [-0.2, -0.15) is 0 Å². The van der Waals surface area contributed by atoms with Gasteiger partial charge >= 0.3 is 0 Å². The third-order valence-corrected chi connectivity index (χ3v) is 4.84. The quantitative estimate of drug-likeness (QED) is 0.776. The lowest BCUT2D eigenvalue weighted by molar-refractivity contribution is 0.0713. The van der Waals surface area contributed by atoms with Crippen LogP contribution in [-0.2, 0) is 0 Å². The van der Waals surface area contributed by atoms with Gasteiger partial charge in [-0.15, -0.1) is 0 Å². The molecule has 0 atom stereocenters. The van der Waals surface area contributed by atoms with E-state index in [2.05, 4.69) is 48.9 Å². The van der Waals surface area contributed by atoms with Crippen LogP contribution in [0.1, 0.15) is 57.3 Å². The molecular formula is C17H25BrN2O. The predicted molar refractivity (Wildman–Crippen MR) is 91.2 cm³/mol. The van der Waals surface area contributed by atoms with Gasteiger partial charge in [0.05, 0.1) is 0 Å². The molecule has 0 heterocycles. The lowest BCUT2D eigenvalue weighted by Gasteiger charge is -2.45. The molecule has 116 valence electrons. The third kappa shape index (κ3) is 4.22. The number of hydrogen-bond acceptors (Lipinski definition) is 2. The highest BCUT2D eigenvalue weighted by atomic mass is 79.9. The summed E-state index contributed by atoms with van der Waals surface area (Å²) in [5.41, 5.74) is 7.59. The van der Waals surface area contributed by atoms with Crippen molar-refractivity contribution in [3.63, 3.8) is 0 Å². The van der Waals surface area contributed by atoms with E-state index >= 15 is 0 Å². The zero-order valence-electron chi connectivity index (χ0n) is 13.3. The van der Waals surface area contributed by atoms with Crippen LogP contribution in [0.2, 0.25) is 0 Å². The number of anilines is 1. The lowest BCUT2D eigenvalue weighted by atomic mass is 9.63. The van der Waals surface area contributed by atoms with Crippen molar-refractivity contribution in [2.24, 2.45) is 10.8 Å². The van der Waals surface area contributed by atoms with E-state index in [9.17, 15) is 4.79 Å². The summed E-state index contributed by atoms with van der Waals surface area (Å²) >= 11 is 3.37. The molecule has 1 aliphatic carbocycles. The fraction of sp³-hybridized carbons (Fsp3) is 0.588. The van der Waals surface area contributed by atoms with Crippen LogP contribution in [0.25, 0.3) is 0 Å². The van der Waals surface area contributed by atoms with Crippen molar-refractivity contribution in [1.29, 1.82) is 0 Å². The monoisotopic (exact) mass is 352 g/mol. The minimum atomic E-state index is -0.0193. The Morgan fingerprint density at radius 1 is 1.24 bits per heavy atom. The SMILES string of the molecule is CC1(C)CC(NC(=O)c2ccc(N)c(Br)c2)CC(C)(C)C1. The Bertz CT molecular complexity index is 536. The molecule has 0 spiro atoms. The number of hydrogen-bond donors (Lipinski definition) is 2. The molecule has 2 rings (SSSR count). The Balaban J connectivity index is 2.10. The molecule has 0 radical (unpaired) electrons. The fourth-order valence-electron chi connectivity index (χ4n) is 3.89. The van der Waals surface area contributed by atoms with Crippen molar-refractivity contribution in [3.05, 3.63) is 28.2 Å². The molecule has 3 N–H and O–H groups in total. The molecule has 1 aliphatic rings. The number of nitrogen functional groups attached to an aromatic ring is 1. The molecule has 1 saturated carbocycles. The molecule has 0 bridgehead atoms. The highest BCUT2D eigenvalue weighted by Gasteiger charge is 2.38. The average Bonchev–Trinajstić information content (AvgIpc) is 2.28. The van der Waals surface area contributed by atoms with E-state index in [0.29, 0.717) is 11.3 Å². The smallest absolute Gasteiger partial charge is 0.251 e. The van der Waals surface area contributed by atoms with Crippen LogP contribution in [0.3, 0.4) is 0 Å². The first-order valence-corrected chi connectivity index (χ1v) is 8.23. The number of amides is 1. The van der Waals surface area contributed by atoms with Crippen molar-refractivity contribution in [2.75, 3.05) is 5.73 Å². The Morgan fingerprint density at radius 3 is 2.33 bits per heavy atom. The summed E-state index contributed by atoms with van der Waals surface area (Å²) in [6.07, 6.45) is 3.25. The van der Waals surface area contributed by atoms with Crippen LogP contribution < -0.4 is 11.1 Å². The van der Waals surface area contributed by atoms with E-state index in [-0.39, 0.29) is 22.8 Å². The summed E-state index contributed by atoms with van der Waals surface area (Å²) < 4.78 is 0.763. The van der Waals surface area contributed by atoms with Gasteiger partial charge in [0.2, 0.25) is 0 Å². The molecule has 21 heavy (non-hydrogen) atoms. The molecule has 0 saturated heterocycles. The van der Waals surface area contributed by atoms with Gasteiger partial charge in [-0.3, -0.25) is 4.79 Å². The van der Waals surface area contributed by atoms with Gasteiger partial charge in [-0.05, 0) is 64.2 Å². The first-order valence-electron chi connectivity index (χ1n) is 7.44. The number of nitrogens with two attached hydrogens (primary N) is 1. The lowest BCUT2D eigenvalue weighted by Crippen LogP contribution is -2.46. The van der Waals surface area contributed by atoms with Crippen molar-refractivity contribution in [2.45, 2.75) is 53.0 Å². The maximum Gasteiger partial charge on any atom is 0.251 e. The minimum Gasteiger partial charge on any atom is -0.398 e. The summed E-state index contributed by atoms with van der Waals surface area (Å²) in [5, 5.41) is 3.19. The minimum absolute atomic E-state index is 0.0193. The van der Waals surface area contributed by atoms with Crippen LogP contribution in [-0.4, -0.2) is 11.9 Å². The zero-order chi connectivity index (χ0) is 15.8. The summed E-state index contributed by atoms with van der Waals surface area (Å²) in [5.74, 6) is -0.0193. The largest absolute Gasteiger partial charge is 0.398 e. The molecule has 1 aromatic carbocycles. The molecule has 0 aromatic heterocycles. The van der Waals surface area contributed by atoms with E-state index < -0.39 is 0 Å². The molecule has 3 nitrogen and oxygen atoms in total. The van der Waals surface area contributed by atoms with E-state index in [0.717, 1.165) is 17.3 Å². The Kier molecular flexibility index (Phi) is 4.39. The molecular weight excluding hydrogens is 328 g/mol. The van der Waals surface area contributed by atoms with Gasteiger partial charge in [0.1, 0.15) is 0 Å². The maximum absolute atomic E-state index is 12.4. The molecule has 4 heteroatoms. The Morgan fingerprint density at radius 2 is 1.81 bits per heavy atom. The second kappa shape index (κ2) is 5.64. The first kappa shape index (κ1) is 16.3. The highest BCUT2D eigenvalue weighted by molar-refractivity contribution is 9.10. The summed E-state index contributed by atoms with van der Waals surface area (Å²) in [6, 6.07) is 5.54. The number of carbonyl (C=O) groups excluding carboxylic acids is 1. The van der Waals surface area contributed by atoms with E-state index in [1.54, 1.807) is 18.2 Å². The molecule has 1 aromatic rings. The predicted octanol–water partition coefficient (Wildman–Crippen LogP) is 4.37. The Hall–Kier alpha value is -1.03. The standard InChI is InChI=1S/C17H25BrN2O/c1-16(2)8-12(9-17(3,4)10-16)20-15(21)11-5-6-14(19)13(18)7-11/h5-7,12H,8-10,19H2,1-4H3,(H,20,21). The van der Waals surface area contributed by atoms with Gasteiger partial charge in [0.25, 0.3) is 5.91 Å². The third-order valence-electron chi connectivity index (χ3n) is 4.15. The molecule has 1 amide bonds. The van der Waals surface area contributed by atoms with Crippen LogP contribution in [0, 0.1) is 10.8 Å². The van der Waals surface area contributed by atoms with Crippen molar-refractivity contribution in [1.82, 2.24) is 5.32 Å². The average molecular weight is 353 g/mol. The zero-order valence-corrected chi connectivity index (χ0v) is 14.9. The maximum atomic E-state index is 12.4. The van der Waals surface area contributed by atoms with Gasteiger partial charge in [0.15, 0.2) is 0 Å². The van der Waals surface area contributed by atoms with Crippen molar-refractivity contribution >= 4 is 27.5 Å². The number of halogens is 1. The molecule has 0 aliphatic heterocycles. The molecule has 1 fully saturated rings. The van der Waals surface area contributed by atoms with E-state index in [1.165, 1.54) is 6.42 Å². The number of carbonyl (C=O) groups is 1. The van der Waals surface area contributed by atoms with Crippen LogP contribution in [0.4, 0.5) is 5.69 Å². The van der Waals surface area contributed by atoms with Gasteiger partial charge in [0, 0.05) is 21.8 Å². The number of nitrogens with one attached hydrogen (secondary N) is 1. The van der Waals surface area contributed by atoms with E-state index in [4.69, 9.17) is 5.73 Å². The molecule has 0 unspecified atom stereocenters. The van der Waals surface area contributed by atoms with Crippen molar-refractivity contribution < 1.29 is 4.79 Å². The van der Waals surface area contributed by atoms with Gasteiger partial charge in [-0.1, -0.05) is 27.7 Å². The number of rotatable bonds is 2. The summed E-state index contributed by atoms with van der Waals surface area (Å²) in [7, 11) is 0. The Labute approximate surface area is 135 Å². The van der Waals surface area contributed by atoms with Crippen LogP contribution >= 0.6 is 15.9 Å². The van der Waals surface area contributed by atoms with Gasteiger partial charge < -0.3 is 11.1 Å². The summed E-state index contributed by atoms with van der Waals surface area (Å²) in [4.78, 5) is 12.4. The fourth-order valence-corrected chi connectivity index (χ4v) is 4.26. The normalized spacial score (nSPS) is 21.0. The first-order chi connectivity index (χ1) is 9.58.